The molecule has 0 spiro atoms. The van der Waals surface area contributed by atoms with Crippen molar-refractivity contribution in [3.05, 3.63) is 41.7 Å². The van der Waals surface area contributed by atoms with E-state index in [4.69, 9.17) is 0 Å². The summed E-state index contributed by atoms with van der Waals surface area (Å²) in [6.07, 6.45) is 0.729. The van der Waals surface area contributed by atoms with Crippen molar-refractivity contribution >= 4 is 17.7 Å². The first kappa shape index (κ1) is 13.1. The molecule has 3 N–H and O–H groups in total. The molecule has 1 aromatic carbocycles. The number of benzene rings is 1. The van der Waals surface area contributed by atoms with Crippen LogP contribution in [0.2, 0.25) is 0 Å². The zero-order valence-corrected chi connectivity index (χ0v) is 11.0. The van der Waals surface area contributed by atoms with Crippen molar-refractivity contribution in [2.45, 2.75) is 19.0 Å². The van der Waals surface area contributed by atoms with Crippen LogP contribution in [-0.4, -0.2) is 38.6 Å². The van der Waals surface area contributed by atoms with Gasteiger partial charge < -0.3 is 10.4 Å². The summed E-state index contributed by atoms with van der Waals surface area (Å²) in [6.45, 7) is 0.204. The molecular formula is C13H13N5O3. The average Bonchev–Trinajstić information content (AvgIpc) is 3.11. The lowest BCUT2D eigenvalue weighted by molar-refractivity contribution is -0.122. The summed E-state index contributed by atoms with van der Waals surface area (Å²) < 4.78 is 0. The number of amides is 2. The van der Waals surface area contributed by atoms with Gasteiger partial charge in [-0.2, -0.15) is 15.4 Å². The highest BCUT2D eigenvalue weighted by molar-refractivity contribution is 5.99. The third kappa shape index (κ3) is 2.42. The van der Waals surface area contributed by atoms with Crippen LogP contribution in [0.5, 0.6) is 0 Å². The second kappa shape index (κ2) is 5.23. The summed E-state index contributed by atoms with van der Waals surface area (Å²) >= 11 is 0. The Morgan fingerprint density at radius 2 is 2.24 bits per heavy atom. The van der Waals surface area contributed by atoms with E-state index in [9.17, 15) is 14.7 Å². The smallest absolute Gasteiger partial charge is 0.412 e. The first-order valence-electron chi connectivity index (χ1n) is 6.39. The van der Waals surface area contributed by atoms with E-state index in [2.05, 4.69) is 20.7 Å². The maximum atomic E-state index is 12.2. The molecule has 108 valence electrons. The van der Waals surface area contributed by atoms with E-state index in [0.29, 0.717) is 17.8 Å². The molecule has 0 bridgehead atoms. The molecule has 3 rings (SSSR count). The maximum Gasteiger partial charge on any atom is 0.412 e. The van der Waals surface area contributed by atoms with Crippen molar-refractivity contribution in [1.29, 1.82) is 0 Å². The lowest BCUT2D eigenvalue weighted by atomic mass is 10.1. The summed E-state index contributed by atoms with van der Waals surface area (Å²) in [6, 6.07) is 6.36. The number of carboxylic acid groups (broad SMARTS) is 1. The number of anilines is 1. The number of aromatic nitrogens is 3. The van der Waals surface area contributed by atoms with Crippen molar-refractivity contribution in [2.24, 2.45) is 0 Å². The lowest BCUT2D eigenvalue weighted by Gasteiger charge is -2.21. The minimum Gasteiger partial charge on any atom is -0.465 e. The summed E-state index contributed by atoms with van der Waals surface area (Å²) in [5.74, 6) is -0.350. The molecule has 0 saturated carbocycles. The third-order valence-electron chi connectivity index (χ3n) is 3.39. The largest absolute Gasteiger partial charge is 0.465 e. The molecule has 0 radical (unpaired) electrons. The molecule has 2 amide bonds. The summed E-state index contributed by atoms with van der Waals surface area (Å²) in [4.78, 5) is 24.8. The van der Waals surface area contributed by atoms with E-state index >= 15 is 0 Å². The van der Waals surface area contributed by atoms with Gasteiger partial charge in [0.15, 0.2) is 0 Å². The average molecular weight is 287 g/mol. The molecule has 0 fully saturated rings. The van der Waals surface area contributed by atoms with Crippen LogP contribution in [0.4, 0.5) is 10.5 Å². The highest BCUT2D eigenvalue weighted by atomic mass is 16.4. The fraction of sp³-hybridized carbons (Fsp3) is 0.231. The molecular weight excluding hydrogens is 274 g/mol. The van der Waals surface area contributed by atoms with Crippen molar-refractivity contribution in [3.8, 4) is 0 Å². The van der Waals surface area contributed by atoms with Crippen molar-refractivity contribution in [1.82, 2.24) is 20.7 Å². The van der Waals surface area contributed by atoms with E-state index in [1.54, 1.807) is 12.1 Å². The normalized spacial score (nSPS) is 16.6. The topological polar surface area (TPSA) is 111 Å². The fourth-order valence-corrected chi connectivity index (χ4v) is 2.44. The van der Waals surface area contributed by atoms with Gasteiger partial charge in [-0.15, -0.1) is 0 Å². The number of nitrogens with zero attached hydrogens (tertiary/aromatic N) is 3. The van der Waals surface area contributed by atoms with Gasteiger partial charge in [0, 0.05) is 6.42 Å². The van der Waals surface area contributed by atoms with Crippen LogP contribution in [0, 0.1) is 0 Å². The number of nitrogens with one attached hydrogen (secondary N) is 2. The monoisotopic (exact) mass is 287 g/mol. The van der Waals surface area contributed by atoms with Gasteiger partial charge in [0.25, 0.3) is 0 Å². The van der Waals surface area contributed by atoms with E-state index in [0.717, 1.165) is 10.5 Å². The van der Waals surface area contributed by atoms with E-state index in [1.807, 2.05) is 12.1 Å². The van der Waals surface area contributed by atoms with Gasteiger partial charge in [0.2, 0.25) is 5.91 Å². The Morgan fingerprint density at radius 1 is 1.43 bits per heavy atom. The first-order chi connectivity index (χ1) is 10.2. The van der Waals surface area contributed by atoms with E-state index < -0.39 is 12.1 Å². The molecule has 21 heavy (non-hydrogen) atoms. The SMILES string of the molecule is O=C(NCc1cn[nH]n1)C1Cc2ccccc2N1C(=O)O. The Balaban J connectivity index is 1.76. The van der Waals surface area contributed by atoms with Crippen LogP contribution < -0.4 is 10.2 Å². The summed E-state index contributed by atoms with van der Waals surface area (Å²) in [7, 11) is 0. The Kier molecular flexibility index (Phi) is 3.27. The van der Waals surface area contributed by atoms with Gasteiger partial charge in [-0.3, -0.25) is 9.69 Å². The number of H-pyrrole nitrogens is 1. The molecule has 8 nitrogen and oxygen atoms in total. The lowest BCUT2D eigenvalue weighted by Crippen LogP contribution is -2.47. The van der Waals surface area contributed by atoms with Crippen LogP contribution in [0.1, 0.15) is 11.3 Å². The molecule has 1 unspecified atom stereocenters. The molecule has 0 aliphatic carbocycles. The van der Waals surface area contributed by atoms with Gasteiger partial charge >= 0.3 is 6.09 Å². The zero-order chi connectivity index (χ0) is 14.8. The van der Waals surface area contributed by atoms with E-state index in [-0.39, 0.29) is 12.5 Å². The quantitative estimate of drug-likeness (QED) is 0.762. The molecule has 1 aromatic heterocycles. The molecule has 1 aliphatic heterocycles. The van der Waals surface area contributed by atoms with Crippen molar-refractivity contribution < 1.29 is 14.7 Å². The van der Waals surface area contributed by atoms with Crippen molar-refractivity contribution in [3.63, 3.8) is 0 Å². The van der Waals surface area contributed by atoms with Gasteiger partial charge in [0.1, 0.15) is 11.7 Å². The molecule has 2 heterocycles. The molecule has 1 atom stereocenters. The van der Waals surface area contributed by atoms with Gasteiger partial charge in [-0.25, -0.2) is 4.79 Å². The Labute approximate surface area is 119 Å². The maximum absolute atomic E-state index is 12.2. The highest BCUT2D eigenvalue weighted by Gasteiger charge is 2.38. The Morgan fingerprint density at radius 3 is 2.95 bits per heavy atom. The van der Waals surface area contributed by atoms with Crippen LogP contribution >= 0.6 is 0 Å². The predicted octanol–water partition coefficient (Wildman–Crippen LogP) is 0.530. The third-order valence-corrected chi connectivity index (χ3v) is 3.39. The first-order valence-corrected chi connectivity index (χ1v) is 6.39. The van der Waals surface area contributed by atoms with Crippen molar-refractivity contribution in [2.75, 3.05) is 4.90 Å². The minimum atomic E-state index is -1.14. The zero-order valence-electron chi connectivity index (χ0n) is 11.0. The second-order valence-corrected chi connectivity index (χ2v) is 4.68. The number of fused-ring (bicyclic) bond motifs is 1. The Hall–Kier alpha value is -2.90. The summed E-state index contributed by atoms with van der Waals surface area (Å²) in [5, 5.41) is 21.9. The van der Waals surface area contributed by atoms with Crippen LogP contribution in [0.15, 0.2) is 30.5 Å². The molecule has 0 saturated heterocycles. The van der Waals surface area contributed by atoms with Crippen LogP contribution in [0.3, 0.4) is 0 Å². The molecule has 8 heteroatoms. The van der Waals surface area contributed by atoms with E-state index in [1.165, 1.54) is 6.20 Å². The fourth-order valence-electron chi connectivity index (χ4n) is 2.44. The second-order valence-electron chi connectivity index (χ2n) is 4.68. The highest BCUT2D eigenvalue weighted by Crippen LogP contribution is 2.32. The number of hydrogen-bond donors (Lipinski definition) is 3. The number of para-hydroxylation sites is 1. The Bertz CT molecular complexity index is 670. The van der Waals surface area contributed by atoms with Gasteiger partial charge in [0.05, 0.1) is 18.4 Å². The van der Waals surface area contributed by atoms with Crippen LogP contribution in [0.25, 0.3) is 0 Å². The van der Waals surface area contributed by atoms with Crippen LogP contribution in [-0.2, 0) is 17.8 Å². The predicted molar refractivity (Wildman–Crippen MR) is 72.7 cm³/mol. The standard InChI is InChI=1S/C13H13N5O3/c19-12(14-6-9-7-15-17-16-9)11-5-8-3-1-2-4-10(8)18(11)13(20)21/h1-4,7,11H,5-6H2,(H,14,19)(H,20,21)(H,15,16,17). The number of aromatic amines is 1. The summed E-state index contributed by atoms with van der Waals surface area (Å²) in [5.41, 5.74) is 1.99. The number of carbonyl (C=O) groups is 2. The van der Waals surface area contributed by atoms with Gasteiger partial charge in [-0.05, 0) is 11.6 Å². The number of hydrogen-bond acceptors (Lipinski definition) is 4. The minimum absolute atomic E-state index is 0.204. The number of carbonyl (C=O) groups excluding carboxylic acids is 1. The molecule has 2 aromatic rings. The van der Waals surface area contributed by atoms with Gasteiger partial charge in [-0.1, -0.05) is 18.2 Å². The number of rotatable bonds is 3. The molecule has 1 aliphatic rings.